The Labute approximate surface area is 201 Å². The first-order chi connectivity index (χ1) is 16.0. The van der Waals surface area contributed by atoms with Gasteiger partial charge in [-0.3, -0.25) is 4.79 Å². The standard InChI is InChI=1S/C29H44NO3/c1-4-5-6-7-8-10-15-26-18-13-19-28(24-26)32-22-23-33-29(31)20-14-21-30(2,3)25-27-16-11-9-12-17-27/h9,11-13,16-19,24H,4-8,10,14-15,20-23,25H2,1-3H3/q+1. The maximum absolute atomic E-state index is 12.1. The van der Waals surface area contributed by atoms with Crippen LogP contribution in [0.1, 0.15) is 69.4 Å². The molecule has 0 N–H and O–H groups in total. The van der Waals surface area contributed by atoms with Crippen LogP contribution in [0.25, 0.3) is 0 Å². The van der Waals surface area contributed by atoms with Gasteiger partial charge in [0.25, 0.3) is 0 Å². The van der Waals surface area contributed by atoms with Gasteiger partial charge in [-0.2, -0.15) is 0 Å². The van der Waals surface area contributed by atoms with E-state index >= 15 is 0 Å². The van der Waals surface area contributed by atoms with Crippen molar-refractivity contribution >= 4 is 5.97 Å². The van der Waals surface area contributed by atoms with Crippen LogP contribution in [0.2, 0.25) is 0 Å². The number of esters is 1. The van der Waals surface area contributed by atoms with Crippen molar-refractivity contribution in [3.8, 4) is 5.75 Å². The van der Waals surface area contributed by atoms with Crippen LogP contribution in [0.4, 0.5) is 0 Å². The number of hydrogen-bond donors (Lipinski definition) is 0. The molecule has 2 aromatic rings. The maximum atomic E-state index is 12.1. The second kappa shape index (κ2) is 15.5. The lowest BCUT2D eigenvalue weighted by atomic mass is 10.0. The Hall–Kier alpha value is -2.33. The average molecular weight is 455 g/mol. The maximum Gasteiger partial charge on any atom is 0.306 e. The van der Waals surface area contributed by atoms with E-state index in [4.69, 9.17) is 9.47 Å². The predicted molar refractivity (Wildman–Crippen MR) is 136 cm³/mol. The molecule has 0 aliphatic heterocycles. The fourth-order valence-electron chi connectivity index (χ4n) is 4.10. The first kappa shape index (κ1) is 26.9. The SMILES string of the molecule is CCCCCCCCc1cccc(OCCOC(=O)CCC[N+](C)(C)Cc2ccccc2)c1. The van der Waals surface area contributed by atoms with Crippen LogP contribution in [0.15, 0.2) is 54.6 Å². The Balaban J connectivity index is 1.56. The topological polar surface area (TPSA) is 35.5 Å². The first-order valence-corrected chi connectivity index (χ1v) is 12.7. The van der Waals surface area contributed by atoms with Crippen molar-refractivity contribution in [2.45, 2.75) is 71.3 Å². The van der Waals surface area contributed by atoms with E-state index in [1.807, 2.05) is 18.2 Å². The molecule has 0 unspecified atom stereocenters. The van der Waals surface area contributed by atoms with E-state index in [9.17, 15) is 4.79 Å². The fourth-order valence-corrected chi connectivity index (χ4v) is 4.10. The van der Waals surface area contributed by atoms with Crippen LogP contribution in [0, 0.1) is 0 Å². The number of unbranched alkanes of at least 4 members (excludes halogenated alkanes) is 5. The van der Waals surface area contributed by atoms with Crippen LogP contribution >= 0.6 is 0 Å². The van der Waals surface area contributed by atoms with Crippen LogP contribution in [-0.2, 0) is 22.5 Å². The number of hydrogen-bond acceptors (Lipinski definition) is 3. The minimum atomic E-state index is -0.143. The zero-order valence-corrected chi connectivity index (χ0v) is 21.1. The molecule has 0 spiro atoms. The highest BCUT2D eigenvalue weighted by atomic mass is 16.6. The lowest BCUT2D eigenvalue weighted by Crippen LogP contribution is -2.39. The Morgan fingerprint density at radius 1 is 0.818 bits per heavy atom. The van der Waals surface area contributed by atoms with Crippen LogP contribution in [-0.4, -0.2) is 44.3 Å². The number of carbonyl (C=O) groups excluding carboxylic acids is 1. The zero-order valence-electron chi connectivity index (χ0n) is 21.1. The summed E-state index contributed by atoms with van der Waals surface area (Å²) < 4.78 is 12.0. The van der Waals surface area contributed by atoms with E-state index in [1.165, 1.54) is 49.7 Å². The number of benzene rings is 2. The lowest BCUT2D eigenvalue weighted by molar-refractivity contribution is -0.903. The van der Waals surface area contributed by atoms with Crippen molar-refractivity contribution in [1.29, 1.82) is 0 Å². The highest BCUT2D eigenvalue weighted by Gasteiger charge is 2.16. The summed E-state index contributed by atoms with van der Waals surface area (Å²) in [6, 6.07) is 18.8. The van der Waals surface area contributed by atoms with Gasteiger partial charge in [-0.15, -0.1) is 0 Å². The van der Waals surface area contributed by atoms with E-state index in [0.29, 0.717) is 19.6 Å². The van der Waals surface area contributed by atoms with Crippen molar-refractivity contribution in [1.82, 2.24) is 0 Å². The van der Waals surface area contributed by atoms with E-state index in [-0.39, 0.29) is 5.97 Å². The summed E-state index contributed by atoms with van der Waals surface area (Å²) in [4.78, 5) is 12.1. The molecule has 2 aromatic carbocycles. The normalized spacial score (nSPS) is 11.4. The Morgan fingerprint density at radius 3 is 2.33 bits per heavy atom. The Morgan fingerprint density at radius 2 is 1.55 bits per heavy atom. The van der Waals surface area contributed by atoms with Gasteiger partial charge in [-0.05, 0) is 30.5 Å². The van der Waals surface area contributed by atoms with Gasteiger partial charge in [0.1, 0.15) is 25.5 Å². The molecule has 0 fully saturated rings. The van der Waals surface area contributed by atoms with Gasteiger partial charge in [-0.1, -0.05) is 81.5 Å². The number of ether oxygens (including phenoxy) is 2. The molecule has 2 rings (SSSR count). The molecule has 33 heavy (non-hydrogen) atoms. The molecular weight excluding hydrogens is 410 g/mol. The molecule has 0 saturated heterocycles. The third kappa shape index (κ3) is 12.5. The number of nitrogens with zero attached hydrogens (tertiary/aromatic N) is 1. The highest BCUT2D eigenvalue weighted by Crippen LogP contribution is 2.16. The quantitative estimate of drug-likeness (QED) is 0.154. The summed E-state index contributed by atoms with van der Waals surface area (Å²) in [6.07, 6.45) is 10.2. The van der Waals surface area contributed by atoms with Gasteiger partial charge < -0.3 is 14.0 Å². The van der Waals surface area contributed by atoms with E-state index in [0.717, 1.165) is 36.2 Å². The van der Waals surface area contributed by atoms with Gasteiger partial charge in [-0.25, -0.2) is 0 Å². The van der Waals surface area contributed by atoms with Crippen molar-refractivity contribution in [3.05, 3.63) is 65.7 Å². The molecule has 0 amide bonds. The third-order valence-corrected chi connectivity index (χ3v) is 5.93. The molecule has 4 nitrogen and oxygen atoms in total. The highest BCUT2D eigenvalue weighted by molar-refractivity contribution is 5.69. The molecule has 182 valence electrons. The van der Waals surface area contributed by atoms with Gasteiger partial charge >= 0.3 is 5.97 Å². The molecule has 0 atom stereocenters. The zero-order chi connectivity index (χ0) is 23.8. The molecule has 0 heterocycles. The fraction of sp³-hybridized carbons (Fsp3) is 0.552. The van der Waals surface area contributed by atoms with Gasteiger partial charge in [0, 0.05) is 12.0 Å². The molecule has 0 saturated carbocycles. The average Bonchev–Trinajstić information content (AvgIpc) is 2.79. The molecule has 0 aromatic heterocycles. The lowest BCUT2D eigenvalue weighted by Gasteiger charge is -2.29. The second-order valence-corrected chi connectivity index (χ2v) is 9.64. The summed E-state index contributed by atoms with van der Waals surface area (Å²) in [7, 11) is 4.40. The smallest absolute Gasteiger partial charge is 0.306 e. The van der Waals surface area contributed by atoms with Gasteiger partial charge in [0.2, 0.25) is 0 Å². The number of quaternary nitrogens is 1. The summed E-state index contributed by atoms with van der Waals surface area (Å²) >= 11 is 0. The monoisotopic (exact) mass is 454 g/mol. The van der Waals surface area contributed by atoms with Crippen LogP contribution in [0.5, 0.6) is 5.75 Å². The van der Waals surface area contributed by atoms with Crippen molar-refractivity contribution < 1.29 is 18.8 Å². The van der Waals surface area contributed by atoms with Crippen LogP contribution in [0.3, 0.4) is 0 Å². The summed E-state index contributed by atoms with van der Waals surface area (Å²) in [6.45, 7) is 4.83. The van der Waals surface area contributed by atoms with Crippen molar-refractivity contribution in [2.75, 3.05) is 33.9 Å². The number of aryl methyl sites for hydroxylation is 1. The van der Waals surface area contributed by atoms with Gasteiger partial charge in [0.05, 0.1) is 27.1 Å². The molecule has 4 heteroatoms. The second-order valence-electron chi connectivity index (χ2n) is 9.64. The van der Waals surface area contributed by atoms with E-state index in [2.05, 4.69) is 57.4 Å². The van der Waals surface area contributed by atoms with E-state index in [1.54, 1.807) is 0 Å². The van der Waals surface area contributed by atoms with Gasteiger partial charge in [0.15, 0.2) is 0 Å². The largest absolute Gasteiger partial charge is 0.490 e. The molecule has 0 bridgehead atoms. The third-order valence-electron chi connectivity index (χ3n) is 5.93. The number of rotatable bonds is 17. The molecule has 0 aliphatic rings. The summed E-state index contributed by atoms with van der Waals surface area (Å²) in [5.74, 6) is 0.713. The molecule has 0 radical (unpaired) electrons. The Kier molecular flexibility index (Phi) is 12.6. The predicted octanol–water partition coefficient (Wildman–Crippen LogP) is 6.57. The molecular formula is C29H44NO3+. The van der Waals surface area contributed by atoms with Crippen molar-refractivity contribution in [3.63, 3.8) is 0 Å². The van der Waals surface area contributed by atoms with Crippen LogP contribution < -0.4 is 4.74 Å². The van der Waals surface area contributed by atoms with E-state index < -0.39 is 0 Å². The minimum absolute atomic E-state index is 0.143. The summed E-state index contributed by atoms with van der Waals surface area (Å²) in [5.41, 5.74) is 2.63. The summed E-state index contributed by atoms with van der Waals surface area (Å²) in [5, 5.41) is 0. The van der Waals surface area contributed by atoms with Crippen molar-refractivity contribution in [2.24, 2.45) is 0 Å². The Bertz CT molecular complexity index is 788. The number of carbonyl (C=O) groups is 1. The first-order valence-electron chi connectivity index (χ1n) is 12.7. The molecule has 0 aliphatic carbocycles. The minimum Gasteiger partial charge on any atom is -0.490 e.